The summed E-state index contributed by atoms with van der Waals surface area (Å²) in [6.45, 7) is 2.53. The van der Waals surface area contributed by atoms with E-state index in [0.717, 1.165) is 24.4 Å². The van der Waals surface area contributed by atoms with Gasteiger partial charge in [0.1, 0.15) is 0 Å². The fraction of sp³-hybridized carbons (Fsp3) is 0.190. The Morgan fingerprint density at radius 2 is 1.88 bits per heavy atom. The van der Waals surface area contributed by atoms with Crippen LogP contribution >= 0.6 is 11.3 Å². The van der Waals surface area contributed by atoms with E-state index in [1.54, 1.807) is 11.3 Å². The zero-order chi connectivity index (χ0) is 17.1. The van der Waals surface area contributed by atoms with E-state index in [-0.39, 0.29) is 5.91 Å². The summed E-state index contributed by atoms with van der Waals surface area (Å²) in [4.78, 5) is 15.8. The topological polar surface area (TPSA) is 32.3 Å². The number of hydrogen-bond acceptors (Lipinski definition) is 3. The summed E-state index contributed by atoms with van der Waals surface area (Å²) in [5, 5.41) is 4.99. The van der Waals surface area contributed by atoms with Crippen LogP contribution in [0.5, 0.6) is 0 Å². The SMILES string of the molecule is O=C(NCc1cccs1)c1ccc(CN2CCc3ccccc32)cc1. The van der Waals surface area contributed by atoms with Gasteiger partial charge in [-0.05, 0) is 47.2 Å². The van der Waals surface area contributed by atoms with Gasteiger partial charge in [0.2, 0.25) is 0 Å². The number of amides is 1. The van der Waals surface area contributed by atoms with E-state index in [9.17, 15) is 4.79 Å². The minimum atomic E-state index is -0.0218. The third-order valence-electron chi connectivity index (χ3n) is 4.58. The molecule has 1 aromatic heterocycles. The Balaban J connectivity index is 1.38. The molecule has 1 N–H and O–H groups in total. The number of nitrogens with zero attached hydrogens (tertiary/aromatic N) is 1. The second-order valence-corrected chi connectivity index (χ2v) is 7.29. The number of fused-ring (bicyclic) bond motifs is 1. The zero-order valence-electron chi connectivity index (χ0n) is 13.9. The van der Waals surface area contributed by atoms with Gasteiger partial charge < -0.3 is 10.2 Å². The van der Waals surface area contributed by atoms with Crippen LogP contribution in [0.1, 0.15) is 26.4 Å². The maximum atomic E-state index is 12.2. The minimum absolute atomic E-state index is 0.0218. The van der Waals surface area contributed by atoms with Crippen LogP contribution in [0.2, 0.25) is 0 Å². The lowest BCUT2D eigenvalue weighted by molar-refractivity contribution is 0.0951. The minimum Gasteiger partial charge on any atom is -0.367 e. The van der Waals surface area contributed by atoms with Crippen LogP contribution < -0.4 is 10.2 Å². The Kier molecular flexibility index (Phi) is 4.53. The molecular weight excluding hydrogens is 328 g/mol. The molecule has 3 aromatic rings. The number of anilines is 1. The Bertz CT molecular complexity index is 856. The molecular formula is C21H20N2OS. The molecule has 1 aliphatic heterocycles. The standard InChI is InChI=1S/C21H20N2OS/c24-21(22-14-19-5-3-13-25-19)18-9-7-16(8-10-18)15-23-12-11-17-4-1-2-6-20(17)23/h1-10,13H,11-12,14-15H2,(H,22,24). The van der Waals surface area contributed by atoms with Crippen molar-refractivity contribution in [2.45, 2.75) is 19.5 Å². The second-order valence-electron chi connectivity index (χ2n) is 6.26. The molecule has 3 nitrogen and oxygen atoms in total. The maximum Gasteiger partial charge on any atom is 0.251 e. The van der Waals surface area contributed by atoms with Gasteiger partial charge in [-0.2, -0.15) is 0 Å². The average Bonchev–Trinajstić information content (AvgIpc) is 3.31. The van der Waals surface area contributed by atoms with E-state index in [1.165, 1.54) is 16.8 Å². The van der Waals surface area contributed by atoms with Crippen LogP contribution in [-0.4, -0.2) is 12.5 Å². The zero-order valence-corrected chi connectivity index (χ0v) is 14.8. The van der Waals surface area contributed by atoms with Gasteiger partial charge in [0, 0.05) is 29.2 Å². The van der Waals surface area contributed by atoms with Crippen molar-refractivity contribution in [2.75, 3.05) is 11.4 Å². The van der Waals surface area contributed by atoms with Gasteiger partial charge in [-0.25, -0.2) is 0 Å². The van der Waals surface area contributed by atoms with Gasteiger partial charge in [-0.3, -0.25) is 4.79 Å². The van der Waals surface area contributed by atoms with Crippen molar-refractivity contribution in [2.24, 2.45) is 0 Å². The summed E-state index contributed by atoms with van der Waals surface area (Å²) in [5.41, 5.74) is 4.70. The molecule has 0 bridgehead atoms. The van der Waals surface area contributed by atoms with Crippen LogP contribution in [0.3, 0.4) is 0 Å². The van der Waals surface area contributed by atoms with Gasteiger partial charge in [0.15, 0.2) is 0 Å². The lowest BCUT2D eigenvalue weighted by Gasteiger charge is -2.19. The molecule has 126 valence electrons. The highest BCUT2D eigenvalue weighted by Crippen LogP contribution is 2.28. The Hall–Kier alpha value is -2.59. The number of thiophene rings is 1. The summed E-state index contributed by atoms with van der Waals surface area (Å²) < 4.78 is 0. The van der Waals surface area contributed by atoms with Gasteiger partial charge >= 0.3 is 0 Å². The van der Waals surface area contributed by atoms with E-state index in [2.05, 4.69) is 46.6 Å². The monoisotopic (exact) mass is 348 g/mol. The number of carbonyl (C=O) groups is 1. The number of nitrogens with one attached hydrogen (secondary N) is 1. The second kappa shape index (κ2) is 7.11. The summed E-state index contributed by atoms with van der Waals surface area (Å²) in [5.74, 6) is -0.0218. The lowest BCUT2D eigenvalue weighted by atomic mass is 10.1. The third kappa shape index (κ3) is 3.59. The molecule has 0 saturated heterocycles. The highest BCUT2D eigenvalue weighted by atomic mass is 32.1. The van der Waals surface area contributed by atoms with Gasteiger partial charge in [0.25, 0.3) is 5.91 Å². The molecule has 0 fully saturated rings. The highest BCUT2D eigenvalue weighted by molar-refractivity contribution is 7.09. The molecule has 0 spiro atoms. The average molecular weight is 348 g/mol. The van der Waals surface area contributed by atoms with Crippen LogP contribution in [-0.2, 0) is 19.5 Å². The molecule has 1 amide bonds. The molecule has 0 radical (unpaired) electrons. The number of carbonyl (C=O) groups excluding carboxylic acids is 1. The Labute approximate surface area is 151 Å². The van der Waals surface area contributed by atoms with Gasteiger partial charge in [0.05, 0.1) is 6.54 Å². The first-order valence-corrected chi connectivity index (χ1v) is 9.40. The molecule has 25 heavy (non-hydrogen) atoms. The molecule has 4 rings (SSSR count). The normalized spacial score (nSPS) is 12.9. The highest BCUT2D eigenvalue weighted by Gasteiger charge is 2.18. The van der Waals surface area contributed by atoms with Crippen molar-refractivity contribution in [1.29, 1.82) is 0 Å². The van der Waals surface area contributed by atoms with E-state index >= 15 is 0 Å². The summed E-state index contributed by atoms with van der Waals surface area (Å²) in [6, 6.07) is 20.6. The number of para-hydroxylation sites is 1. The molecule has 2 aromatic carbocycles. The van der Waals surface area contributed by atoms with Crippen molar-refractivity contribution in [3.8, 4) is 0 Å². The number of rotatable bonds is 5. The van der Waals surface area contributed by atoms with Crippen molar-refractivity contribution in [3.05, 3.63) is 87.6 Å². The van der Waals surface area contributed by atoms with Crippen LogP contribution in [0.15, 0.2) is 66.0 Å². The first-order valence-electron chi connectivity index (χ1n) is 8.52. The number of benzene rings is 2. The first kappa shape index (κ1) is 15.9. The Morgan fingerprint density at radius 3 is 2.68 bits per heavy atom. The quantitative estimate of drug-likeness (QED) is 0.748. The van der Waals surface area contributed by atoms with Crippen LogP contribution in [0.25, 0.3) is 0 Å². The van der Waals surface area contributed by atoms with Gasteiger partial charge in [-0.1, -0.05) is 36.4 Å². The third-order valence-corrected chi connectivity index (χ3v) is 5.45. The van der Waals surface area contributed by atoms with Crippen molar-refractivity contribution < 1.29 is 4.79 Å². The predicted molar refractivity (Wildman–Crippen MR) is 103 cm³/mol. The van der Waals surface area contributed by atoms with Crippen LogP contribution in [0.4, 0.5) is 5.69 Å². The molecule has 2 heterocycles. The molecule has 0 aliphatic carbocycles. The molecule has 0 atom stereocenters. The van der Waals surface area contributed by atoms with Crippen molar-refractivity contribution in [1.82, 2.24) is 5.32 Å². The first-order chi connectivity index (χ1) is 12.3. The number of hydrogen-bond donors (Lipinski definition) is 1. The molecule has 4 heteroatoms. The smallest absolute Gasteiger partial charge is 0.251 e. The predicted octanol–water partition coefficient (Wildman–Crippen LogP) is 4.24. The Morgan fingerprint density at radius 1 is 1.04 bits per heavy atom. The summed E-state index contributed by atoms with van der Waals surface area (Å²) in [7, 11) is 0. The summed E-state index contributed by atoms with van der Waals surface area (Å²) in [6.07, 6.45) is 1.11. The van der Waals surface area contributed by atoms with E-state index in [1.807, 2.05) is 29.6 Å². The largest absolute Gasteiger partial charge is 0.367 e. The molecule has 0 unspecified atom stereocenters. The van der Waals surface area contributed by atoms with Crippen molar-refractivity contribution in [3.63, 3.8) is 0 Å². The molecule has 1 aliphatic rings. The van der Waals surface area contributed by atoms with Gasteiger partial charge in [-0.15, -0.1) is 11.3 Å². The lowest BCUT2D eigenvalue weighted by Crippen LogP contribution is -2.22. The maximum absolute atomic E-state index is 12.2. The van der Waals surface area contributed by atoms with E-state index in [0.29, 0.717) is 12.1 Å². The fourth-order valence-electron chi connectivity index (χ4n) is 3.24. The van der Waals surface area contributed by atoms with Crippen LogP contribution in [0, 0.1) is 0 Å². The summed E-state index contributed by atoms with van der Waals surface area (Å²) >= 11 is 1.65. The van der Waals surface area contributed by atoms with E-state index in [4.69, 9.17) is 0 Å². The van der Waals surface area contributed by atoms with E-state index < -0.39 is 0 Å². The molecule has 0 saturated carbocycles. The van der Waals surface area contributed by atoms with Crippen molar-refractivity contribution >= 4 is 22.9 Å². The fourth-order valence-corrected chi connectivity index (χ4v) is 3.88.